The number of para-hydroxylation sites is 1. The van der Waals surface area contributed by atoms with Gasteiger partial charge >= 0.3 is 0 Å². The molecule has 2 aromatic rings. The molecule has 5 atom stereocenters. The summed E-state index contributed by atoms with van der Waals surface area (Å²) in [5, 5.41) is 11.8. The molecule has 4 heteroatoms. The van der Waals surface area contributed by atoms with Gasteiger partial charge in [-0.25, -0.2) is 0 Å². The highest BCUT2D eigenvalue weighted by molar-refractivity contribution is 5.97. The van der Waals surface area contributed by atoms with Crippen LogP contribution in [0.25, 0.3) is 10.9 Å². The molecule has 4 unspecified atom stereocenters. The van der Waals surface area contributed by atoms with E-state index in [1.807, 2.05) is 0 Å². The number of aromatic amines is 1. The number of aliphatic hydroxyl groups is 1. The molecule has 4 aliphatic rings. The first kappa shape index (κ1) is 19.4. The highest BCUT2D eigenvalue weighted by Crippen LogP contribution is 2.67. The number of carbonyl (C=O) groups excluding carboxylic acids is 1. The Morgan fingerprint density at radius 1 is 1.19 bits per heavy atom. The van der Waals surface area contributed by atoms with Crippen molar-refractivity contribution >= 4 is 16.7 Å². The Labute approximate surface area is 183 Å². The molecule has 1 aliphatic heterocycles. The van der Waals surface area contributed by atoms with Crippen molar-refractivity contribution in [2.24, 2.45) is 17.3 Å². The number of allylic oxidation sites excluding steroid dienone is 2. The Hall–Kier alpha value is -2.33. The second-order valence-corrected chi connectivity index (χ2v) is 11.1. The van der Waals surface area contributed by atoms with E-state index < -0.39 is 11.7 Å². The van der Waals surface area contributed by atoms with Gasteiger partial charge in [-0.1, -0.05) is 32.0 Å². The first-order valence-electron chi connectivity index (χ1n) is 11.6. The van der Waals surface area contributed by atoms with Crippen molar-refractivity contribution in [3.05, 3.63) is 59.0 Å². The standard InChI is InChI=1S/C27H31NO3/c1-25(2,30)24-21(29)14-18-19-10-9-15-13-17-16-7-5-6-8-20(16)28-23(17)27(15,4)26(19,3)12-11-22(18)31-24/h5-8,11,14-15,19,24,28,30H,9-10,12-13H2,1-4H3/t15?,19?,24?,26?,27-/m1/s1. The van der Waals surface area contributed by atoms with Crippen LogP contribution in [0, 0.1) is 17.3 Å². The summed E-state index contributed by atoms with van der Waals surface area (Å²) in [6.07, 6.45) is 7.41. The molecule has 0 bridgehead atoms. The first-order valence-corrected chi connectivity index (χ1v) is 11.6. The monoisotopic (exact) mass is 417 g/mol. The van der Waals surface area contributed by atoms with E-state index in [0.717, 1.165) is 37.0 Å². The third kappa shape index (κ3) is 2.32. The lowest BCUT2D eigenvalue weighted by Crippen LogP contribution is -2.56. The van der Waals surface area contributed by atoms with E-state index in [2.05, 4.69) is 49.2 Å². The molecule has 4 nitrogen and oxygen atoms in total. The van der Waals surface area contributed by atoms with E-state index in [4.69, 9.17) is 4.74 Å². The van der Waals surface area contributed by atoms with Crippen LogP contribution in [0.4, 0.5) is 0 Å². The average molecular weight is 418 g/mol. The van der Waals surface area contributed by atoms with Gasteiger partial charge in [0.2, 0.25) is 0 Å². The molecule has 0 radical (unpaired) electrons. The van der Waals surface area contributed by atoms with Gasteiger partial charge < -0.3 is 14.8 Å². The van der Waals surface area contributed by atoms with Gasteiger partial charge in [0.15, 0.2) is 11.9 Å². The molecule has 2 N–H and O–H groups in total. The van der Waals surface area contributed by atoms with Crippen molar-refractivity contribution < 1.29 is 14.6 Å². The van der Waals surface area contributed by atoms with Crippen molar-refractivity contribution in [1.82, 2.24) is 4.98 Å². The molecule has 31 heavy (non-hydrogen) atoms. The molecule has 1 fully saturated rings. The van der Waals surface area contributed by atoms with Crippen LogP contribution in [0.2, 0.25) is 0 Å². The fraction of sp³-hybridized carbons (Fsp3) is 0.519. The summed E-state index contributed by atoms with van der Waals surface area (Å²) >= 11 is 0. The summed E-state index contributed by atoms with van der Waals surface area (Å²) < 4.78 is 6.11. The number of aromatic nitrogens is 1. The Balaban J connectivity index is 1.48. The Morgan fingerprint density at radius 2 is 1.97 bits per heavy atom. The maximum atomic E-state index is 12.9. The zero-order chi connectivity index (χ0) is 21.8. The SMILES string of the molecule is CC(C)(O)C1OC2=CCC3(C)C(CCC4Cc5c([nH]c6ccccc56)[C@@]43C)C2=CC1=O. The van der Waals surface area contributed by atoms with Crippen LogP contribution in [0.15, 0.2) is 47.7 Å². The second-order valence-electron chi connectivity index (χ2n) is 11.1. The number of nitrogens with one attached hydrogen (secondary N) is 1. The lowest BCUT2D eigenvalue weighted by atomic mass is 9.46. The fourth-order valence-corrected chi connectivity index (χ4v) is 7.34. The van der Waals surface area contributed by atoms with Gasteiger partial charge in [-0.2, -0.15) is 0 Å². The third-order valence-electron chi connectivity index (χ3n) is 9.17. The molecule has 0 amide bonds. The summed E-state index contributed by atoms with van der Waals surface area (Å²) in [6, 6.07) is 8.66. The zero-order valence-electron chi connectivity index (χ0n) is 18.8. The summed E-state index contributed by atoms with van der Waals surface area (Å²) in [7, 11) is 0. The van der Waals surface area contributed by atoms with E-state index in [-0.39, 0.29) is 22.5 Å². The van der Waals surface area contributed by atoms with Crippen molar-refractivity contribution in [3.63, 3.8) is 0 Å². The van der Waals surface area contributed by atoms with Crippen molar-refractivity contribution in [3.8, 4) is 0 Å². The zero-order valence-corrected chi connectivity index (χ0v) is 18.8. The van der Waals surface area contributed by atoms with Crippen molar-refractivity contribution in [2.45, 2.75) is 70.5 Å². The molecule has 2 heterocycles. The average Bonchev–Trinajstić information content (AvgIpc) is 3.22. The maximum Gasteiger partial charge on any atom is 0.199 e. The molecule has 3 aliphatic carbocycles. The van der Waals surface area contributed by atoms with Crippen LogP contribution >= 0.6 is 0 Å². The van der Waals surface area contributed by atoms with E-state index in [1.165, 1.54) is 22.2 Å². The Kier molecular flexibility index (Phi) is 3.70. The molecule has 1 aromatic heterocycles. The predicted molar refractivity (Wildman–Crippen MR) is 121 cm³/mol. The number of ether oxygens (including phenoxy) is 1. The van der Waals surface area contributed by atoms with Crippen LogP contribution in [0.3, 0.4) is 0 Å². The number of carbonyl (C=O) groups is 1. The third-order valence-corrected chi connectivity index (χ3v) is 9.17. The minimum atomic E-state index is -1.20. The van der Waals surface area contributed by atoms with Crippen molar-refractivity contribution in [1.29, 1.82) is 0 Å². The van der Waals surface area contributed by atoms with Crippen LogP contribution in [-0.4, -0.2) is 27.6 Å². The number of hydrogen-bond donors (Lipinski definition) is 2. The van der Waals surface area contributed by atoms with Crippen LogP contribution < -0.4 is 0 Å². The highest BCUT2D eigenvalue weighted by Gasteiger charge is 2.63. The van der Waals surface area contributed by atoms with E-state index in [1.54, 1.807) is 19.9 Å². The molecule has 162 valence electrons. The number of rotatable bonds is 1. The number of fused-ring (bicyclic) bond motifs is 9. The first-order chi connectivity index (χ1) is 14.6. The lowest BCUT2D eigenvalue weighted by molar-refractivity contribution is -0.139. The van der Waals surface area contributed by atoms with E-state index >= 15 is 0 Å². The minimum Gasteiger partial charge on any atom is -0.479 e. The van der Waals surface area contributed by atoms with Gasteiger partial charge in [-0.05, 0) is 80.6 Å². The van der Waals surface area contributed by atoms with Gasteiger partial charge in [0.25, 0.3) is 0 Å². The summed E-state index contributed by atoms with van der Waals surface area (Å²) in [4.78, 5) is 16.7. The quantitative estimate of drug-likeness (QED) is 0.689. The van der Waals surface area contributed by atoms with Gasteiger partial charge in [0.05, 0.1) is 0 Å². The lowest BCUT2D eigenvalue weighted by Gasteiger charge is -2.58. The topological polar surface area (TPSA) is 62.3 Å². The number of ketones is 1. The Morgan fingerprint density at radius 3 is 2.74 bits per heavy atom. The predicted octanol–water partition coefficient (Wildman–Crippen LogP) is 4.97. The van der Waals surface area contributed by atoms with Crippen LogP contribution in [0.1, 0.15) is 58.2 Å². The van der Waals surface area contributed by atoms with E-state index in [0.29, 0.717) is 5.92 Å². The smallest absolute Gasteiger partial charge is 0.199 e. The van der Waals surface area contributed by atoms with Crippen LogP contribution in [0.5, 0.6) is 0 Å². The van der Waals surface area contributed by atoms with Gasteiger partial charge in [0.1, 0.15) is 11.4 Å². The summed E-state index contributed by atoms with van der Waals surface area (Å²) in [6.45, 7) is 8.16. The van der Waals surface area contributed by atoms with Gasteiger partial charge in [-0.15, -0.1) is 0 Å². The second kappa shape index (κ2) is 5.92. The molecule has 0 saturated heterocycles. The minimum absolute atomic E-state index is 0.00256. The number of H-pyrrole nitrogens is 1. The highest BCUT2D eigenvalue weighted by atomic mass is 16.5. The maximum absolute atomic E-state index is 12.9. The molecule has 1 aromatic carbocycles. The molecule has 0 spiro atoms. The molecule has 1 saturated carbocycles. The largest absolute Gasteiger partial charge is 0.479 e. The Bertz CT molecular complexity index is 1180. The molecule has 6 rings (SSSR count). The van der Waals surface area contributed by atoms with Gasteiger partial charge in [-0.3, -0.25) is 4.79 Å². The summed E-state index contributed by atoms with van der Waals surface area (Å²) in [5.41, 5.74) is 3.99. The number of hydrogen-bond acceptors (Lipinski definition) is 3. The fourth-order valence-electron chi connectivity index (χ4n) is 7.34. The van der Waals surface area contributed by atoms with Crippen molar-refractivity contribution in [2.75, 3.05) is 0 Å². The normalized spacial score (nSPS) is 36.7. The van der Waals surface area contributed by atoms with Gasteiger partial charge in [0, 0.05) is 27.6 Å². The molecular formula is C27H31NO3. The van der Waals surface area contributed by atoms with Crippen LogP contribution in [-0.2, 0) is 21.4 Å². The summed E-state index contributed by atoms with van der Waals surface area (Å²) in [5.74, 6) is 1.58. The van der Waals surface area contributed by atoms with E-state index in [9.17, 15) is 9.90 Å². The number of benzene rings is 1. The molecular weight excluding hydrogens is 386 g/mol.